The van der Waals surface area contributed by atoms with Gasteiger partial charge in [-0.15, -0.1) is 0 Å². The maximum absolute atomic E-state index is 6.56. The minimum Gasteiger partial charge on any atom is -0.374 e. The molecule has 1 aliphatic heterocycles. The summed E-state index contributed by atoms with van der Waals surface area (Å²) in [6.45, 7) is 14.7. The number of unbranched alkanes of at least 4 members (excludes halogenated alkanes) is 3. The Morgan fingerprint density at radius 1 is 0.481 bits per heavy atom. The zero-order valence-electron chi connectivity index (χ0n) is 18.4. The van der Waals surface area contributed by atoms with Gasteiger partial charge in [-0.2, -0.15) is 0 Å². The van der Waals surface area contributed by atoms with Crippen molar-refractivity contribution in [1.82, 2.24) is 0 Å². The molecule has 1 fully saturated rings. The maximum Gasteiger partial charge on any atom is 0.485 e. The molecular formula is C18H42O6Si3. The summed E-state index contributed by atoms with van der Waals surface area (Å²) in [7, 11) is -8.64. The molecular weight excluding hydrogens is 396 g/mol. The van der Waals surface area contributed by atoms with Crippen molar-refractivity contribution in [2.75, 3.05) is 19.8 Å². The second-order valence-corrected chi connectivity index (χ2v) is 16.6. The van der Waals surface area contributed by atoms with Crippen molar-refractivity contribution in [1.29, 1.82) is 0 Å². The first kappa shape index (κ1) is 25.4. The predicted molar refractivity (Wildman–Crippen MR) is 115 cm³/mol. The molecule has 0 aromatic heterocycles. The van der Waals surface area contributed by atoms with Crippen LogP contribution in [-0.4, -0.2) is 46.2 Å². The topological polar surface area (TPSA) is 55.4 Å². The highest BCUT2D eigenvalue weighted by atomic mass is 28.5. The molecule has 0 radical (unpaired) electrons. The van der Waals surface area contributed by atoms with Gasteiger partial charge in [-0.25, -0.2) is 0 Å². The third-order valence-corrected chi connectivity index (χ3v) is 16.7. The van der Waals surface area contributed by atoms with Crippen molar-refractivity contribution in [2.45, 2.75) is 98.2 Å². The van der Waals surface area contributed by atoms with Gasteiger partial charge in [-0.05, 0) is 19.3 Å². The third-order valence-electron chi connectivity index (χ3n) is 4.69. The minimum atomic E-state index is -2.88. The standard InChI is InChI=1S/C18H42O6Si3/c1-7-13-16-19-25(10-4)22-26(11-5,20-17-14-8-2)24-27(12-6,23-25)21-18-15-9-3/h7-18H2,1-6H3. The molecule has 0 saturated carbocycles. The van der Waals surface area contributed by atoms with Crippen molar-refractivity contribution in [3.63, 3.8) is 0 Å². The number of hydrogen-bond acceptors (Lipinski definition) is 6. The molecule has 0 aliphatic carbocycles. The molecule has 0 spiro atoms. The molecule has 0 N–H and O–H groups in total. The van der Waals surface area contributed by atoms with E-state index in [1.807, 2.05) is 0 Å². The normalized spacial score (nSPS) is 31.3. The molecule has 6 nitrogen and oxygen atoms in total. The molecule has 0 aromatic carbocycles. The van der Waals surface area contributed by atoms with Crippen molar-refractivity contribution in [3.8, 4) is 0 Å². The molecule has 1 rings (SSSR count). The molecule has 1 saturated heterocycles. The van der Waals surface area contributed by atoms with E-state index in [-0.39, 0.29) is 0 Å². The van der Waals surface area contributed by atoms with Gasteiger partial charge in [0.1, 0.15) is 0 Å². The van der Waals surface area contributed by atoms with E-state index in [1.54, 1.807) is 0 Å². The van der Waals surface area contributed by atoms with Crippen LogP contribution in [0.2, 0.25) is 18.1 Å². The lowest BCUT2D eigenvalue weighted by Crippen LogP contribution is -2.73. The number of hydrogen-bond donors (Lipinski definition) is 0. The van der Waals surface area contributed by atoms with E-state index in [0.29, 0.717) is 19.8 Å². The molecule has 0 unspecified atom stereocenters. The van der Waals surface area contributed by atoms with Gasteiger partial charge in [0, 0.05) is 38.0 Å². The molecule has 27 heavy (non-hydrogen) atoms. The summed E-state index contributed by atoms with van der Waals surface area (Å²) < 4.78 is 38.6. The van der Waals surface area contributed by atoms with Gasteiger partial charge in [0.2, 0.25) is 0 Å². The fraction of sp³-hybridized carbons (Fsp3) is 1.00. The maximum atomic E-state index is 6.56. The average Bonchev–Trinajstić information content (AvgIpc) is 2.68. The summed E-state index contributed by atoms with van der Waals surface area (Å²) in [5.74, 6) is 0. The zero-order chi connectivity index (χ0) is 20.2. The zero-order valence-corrected chi connectivity index (χ0v) is 21.4. The van der Waals surface area contributed by atoms with Crippen LogP contribution < -0.4 is 0 Å². The summed E-state index contributed by atoms with van der Waals surface area (Å²) in [4.78, 5) is 0. The quantitative estimate of drug-likeness (QED) is 0.253. The van der Waals surface area contributed by atoms with Gasteiger partial charge in [0.25, 0.3) is 0 Å². The summed E-state index contributed by atoms with van der Waals surface area (Å²) in [6, 6.07) is 2.16. The Labute approximate surface area is 170 Å². The first-order chi connectivity index (χ1) is 13.0. The Bertz CT molecular complexity index is 336. The van der Waals surface area contributed by atoms with Crippen LogP contribution in [0.25, 0.3) is 0 Å². The summed E-state index contributed by atoms with van der Waals surface area (Å²) >= 11 is 0. The van der Waals surface area contributed by atoms with Crippen molar-refractivity contribution < 1.29 is 25.6 Å². The average molecular weight is 439 g/mol. The van der Waals surface area contributed by atoms with Crippen molar-refractivity contribution in [2.24, 2.45) is 0 Å². The molecule has 1 heterocycles. The van der Waals surface area contributed by atoms with Crippen molar-refractivity contribution >= 4 is 26.4 Å². The van der Waals surface area contributed by atoms with E-state index in [1.165, 1.54) is 0 Å². The molecule has 0 amide bonds. The van der Waals surface area contributed by atoms with Crippen LogP contribution >= 0.6 is 0 Å². The summed E-state index contributed by atoms with van der Waals surface area (Å²) in [6.07, 6.45) is 6.23. The van der Waals surface area contributed by atoms with Gasteiger partial charge in [-0.1, -0.05) is 60.8 Å². The van der Waals surface area contributed by atoms with Gasteiger partial charge >= 0.3 is 26.4 Å². The van der Waals surface area contributed by atoms with Crippen LogP contribution in [0.5, 0.6) is 0 Å². The minimum absolute atomic E-state index is 0.656. The molecule has 9 heteroatoms. The largest absolute Gasteiger partial charge is 0.485 e. The Morgan fingerprint density at radius 3 is 0.926 bits per heavy atom. The Morgan fingerprint density at radius 2 is 0.741 bits per heavy atom. The molecule has 1 aliphatic rings. The second kappa shape index (κ2) is 12.9. The van der Waals surface area contributed by atoms with Crippen LogP contribution in [0.4, 0.5) is 0 Å². The Balaban J connectivity index is 3.10. The lowest BCUT2D eigenvalue weighted by molar-refractivity contribution is 0.0124. The summed E-state index contributed by atoms with van der Waals surface area (Å²) in [5.41, 5.74) is 0. The molecule has 0 bridgehead atoms. The fourth-order valence-corrected chi connectivity index (χ4v) is 17.0. The van der Waals surface area contributed by atoms with Gasteiger partial charge in [0.15, 0.2) is 0 Å². The van der Waals surface area contributed by atoms with E-state index in [4.69, 9.17) is 25.6 Å². The van der Waals surface area contributed by atoms with E-state index in [9.17, 15) is 0 Å². The third kappa shape index (κ3) is 7.63. The highest BCUT2D eigenvalue weighted by molar-refractivity contribution is 6.88. The predicted octanol–water partition coefficient (Wildman–Crippen LogP) is 5.38. The lowest BCUT2D eigenvalue weighted by atomic mass is 10.4. The SMILES string of the molecule is CCCCO[Si]1(CC)O[Si](CC)(OCCCC)O[Si](CC)(OCCCC)O1. The van der Waals surface area contributed by atoms with Crippen LogP contribution in [0.1, 0.15) is 80.1 Å². The molecule has 162 valence electrons. The Kier molecular flexibility index (Phi) is 12.1. The first-order valence-electron chi connectivity index (χ1n) is 11.0. The Hall–Kier alpha value is 0.411. The molecule has 0 atom stereocenters. The highest BCUT2D eigenvalue weighted by Crippen LogP contribution is 2.38. The van der Waals surface area contributed by atoms with Crippen LogP contribution in [0.3, 0.4) is 0 Å². The smallest absolute Gasteiger partial charge is 0.374 e. The lowest BCUT2D eigenvalue weighted by Gasteiger charge is -2.49. The van der Waals surface area contributed by atoms with Crippen LogP contribution in [-0.2, 0) is 25.6 Å². The van der Waals surface area contributed by atoms with Crippen molar-refractivity contribution in [3.05, 3.63) is 0 Å². The van der Waals surface area contributed by atoms with E-state index in [0.717, 1.165) is 56.7 Å². The van der Waals surface area contributed by atoms with Crippen LogP contribution in [0.15, 0.2) is 0 Å². The summed E-state index contributed by atoms with van der Waals surface area (Å²) in [5, 5.41) is 0. The first-order valence-corrected chi connectivity index (χ1v) is 16.8. The molecule has 0 aromatic rings. The van der Waals surface area contributed by atoms with E-state index < -0.39 is 26.4 Å². The fourth-order valence-electron chi connectivity index (χ4n) is 2.81. The highest BCUT2D eigenvalue weighted by Gasteiger charge is 2.66. The monoisotopic (exact) mass is 438 g/mol. The van der Waals surface area contributed by atoms with Crippen LogP contribution in [0, 0.1) is 0 Å². The van der Waals surface area contributed by atoms with E-state index in [2.05, 4.69) is 41.5 Å². The van der Waals surface area contributed by atoms with Gasteiger partial charge in [0.05, 0.1) is 0 Å². The van der Waals surface area contributed by atoms with E-state index >= 15 is 0 Å². The number of rotatable bonds is 15. The van der Waals surface area contributed by atoms with Gasteiger partial charge < -0.3 is 25.6 Å². The second-order valence-electron chi connectivity index (χ2n) is 7.02. The van der Waals surface area contributed by atoms with Gasteiger partial charge in [-0.3, -0.25) is 0 Å².